The number of hydrogen-bond donors (Lipinski definition) is 1. The van der Waals surface area contributed by atoms with Gasteiger partial charge in [-0.15, -0.1) is 0 Å². The fourth-order valence-corrected chi connectivity index (χ4v) is 2.86. The van der Waals surface area contributed by atoms with Crippen molar-refractivity contribution in [2.24, 2.45) is 17.6 Å². The van der Waals surface area contributed by atoms with Crippen LogP contribution in [0.25, 0.3) is 0 Å². The van der Waals surface area contributed by atoms with Crippen molar-refractivity contribution in [2.45, 2.75) is 19.8 Å². The number of rotatable bonds is 4. The Bertz CT molecular complexity index is 284. The van der Waals surface area contributed by atoms with Crippen LogP contribution in [0.2, 0.25) is 0 Å². The van der Waals surface area contributed by atoms with E-state index in [9.17, 15) is 4.79 Å². The largest absolute Gasteiger partial charge is 0.381 e. The van der Waals surface area contributed by atoms with Gasteiger partial charge in [-0.2, -0.15) is 0 Å². The predicted octanol–water partition coefficient (Wildman–Crippen LogP) is 0.152. The van der Waals surface area contributed by atoms with E-state index in [-0.39, 0.29) is 5.92 Å². The quantitative estimate of drug-likeness (QED) is 0.789. The molecule has 110 valence electrons. The second-order valence-corrected chi connectivity index (χ2v) is 5.88. The van der Waals surface area contributed by atoms with Crippen LogP contribution in [0.4, 0.5) is 0 Å². The smallest absolute Gasteiger partial charge is 0.228 e. The van der Waals surface area contributed by atoms with Gasteiger partial charge in [0, 0.05) is 39.3 Å². The third-order valence-corrected chi connectivity index (χ3v) is 4.17. The molecule has 2 aliphatic heterocycles. The first-order valence-corrected chi connectivity index (χ1v) is 7.49. The lowest BCUT2D eigenvalue weighted by molar-refractivity contribution is -0.141. The van der Waals surface area contributed by atoms with Gasteiger partial charge in [-0.1, -0.05) is 6.92 Å². The molecule has 2 rings (SSSR count). The molecule has 0 spiro atoms. The lowest BCUT2D eigenvalue weighted by atomic mass is 10.0. The predicted molar refractivity (Wildman–Crippen MR) is 74.8 cm³/mol. The van der Waals surface area contributed by atoms with E-state index in [1.165, 1.54) is 0 Å². The molecular weight excluding hydrogens is 242 g/mol. The zero-order valence-corrected chi connectivity index (χ0v) is 12.0. The van der Waals surface area contributed by atoms with Gasteiger partial charge in [0.1, 0.15) is 0 Å². The van der Waals surface area contributed by atoms with Crippen molar-refractivity contribution in [3.05, 3.63) is 0 Å². The summed E-state index contributed by atoms with van der Waals surface area (Å²) in [6, 6.07) is 0. The van der Waals surface area contributed by atoms with E-state index in [1.54, 1.807) is 0 Å². The maximum Gasteiger partial charge on any atom is 0.228 e. The maximum atomic E-state index is 12.3. The van der Waals surface area contributed by atoms with E-state index in [2.05, 4.69) is 11.8 Å². The molecule has 1 amide bonds. The van der Waals surface area contributed by atoms with Gasteiger partial charge in [0.25, 0.3) is 0 Å². The number of nitrogens with two attached hydrogens (primary N) is 1. The first-order valence-electron chi connectivity index (χ1n) is 7.49. The standard InChI is InChI=1S/C14H27N3O2/c1-12(9-15)10-16-4-6-17(7-5-16)14(18)13-3-2-8-19-11-13/h12-13H,2-11,15H2,1H3. The molecule has 0 radical (unpaired) electrons. The molecule has 0 aliphatic carbocycles. The SMILES string of the molecule is CC(CN)CN1CCN(C(=O)C2CCCOC2)CC1. The highest BCUT2D eigenvalue weighted by atomic mass is 16.5. The van der Waals surface area contributed by atoms with Crippen LogP contribution in [-0.4, -0.2) is 68.2 Å². The molecule has 0 aromatic heterocycles. The average molecular weight is 269 g/mol. The van der Waals surface area contributed by atoms with Gasteiger partial charge in [0.05, 0.1) is 12.5 Å². The molecule has 0 aromatic rings. The number of piperazine rings is 1. The summed E-state index contributed by atoms with van der Waals surface area (Å²) in [5, 5.41) is 0. The molecule has 2 aliphatic rings. The van der Waals surface area contributed by atoms with Crippen LogP contribution in [0.1, 0.15) is 19.8 Å². The van der Waals surface area contributed by atoms with E-state index in [4.69, 9.17) is 10.5 Å². The van der Waals surface area contributed by atoms with Gasteiger partial charge < -0.3 is 15.4 Å². The third-order valence-electron chi connectivity index (χ3n) is 4.17. The number of carbonyl (C=O) groups is 1. The van der Waals surface area contributed by atoms with Crippen LogP contribution in [-0.2, 0) is 9.53 Å². The van der Waals surface area contributed by atoms with E-state index in [0.29, 0.717) is 18.4 Å². The minimum Gasteiger partial charge on any atom is -0.381 e. The van der Waals surface area contributed by atoms with Gasteiger partial charge in [0.2, 0.25) is 5.91 Å². The van der Waals surface area contributed by atoms with Gasteiger partial charge in [-0.05, 0) is 25.3 Å². The normalized spacial score (nSPS) is 27.3. The molecule has 2 fully saturated rings. The fourth-order valence-electron chi connectivity index (χ4n) is 2.86. The zero-order valence-electron chi connectivity index (χ0n) is 12.0. The van der Waals surface area contributed by atoms with Crippen molar-refractivity contribution in [3.8, 4) is 0 Å². The second kappa shape index (κ2) is 7.22. The molecule has 2 heterocycles. The van der Waals surface area contributed by atoms with Crippen molar-refractivity contribution in [3.63, 3.8) is 0 Å². The number of nitrogens with zero attached hydrogens (tertiary/aromatic N) is 2. The molecule has 2 atom stereocenters. The monoisotopic (exact) mass is 269 g/mol. The van der Waals surface area contributed by atoms with Crippen LogP contribution in [0.15, 0.2) is 0 Å². The Balaban J connectivity index is 1.74. The molecule has 5 nitrogen and oxygen atoms in total. The summed E-state index contributed by atoms with van der Waals surface area (Å²) >= 11 is 0. The molecule has 2 unspecified atom stereocenters. The first kappa shape index (κ1) is 14.8. The molecular formula is C14H27N3O2. The van der Waals surface area contributed by atoms with Gasteiger partial charge in [0.15, 0.2) is 0 Å². The molecule has 0 aromatic carbocycles. The van der Waals surface area contributed by atoms with Crippen molar-refractivity contribution in [1.29, 1.82) is 0 Å². The van der Waals surface area contributed by atoms with Crippen LogP contribution >= 0.6 is 0 Å². The van der Waals surface area contributed by atoms with E-state index in [0.717, 1.165) is 58.7 Å². The Morgan fingerprint density at radius 3 is 2.68 bits per heavy atom. The number of hydrogen-bond acceptors (Lipinski definition) is 4. The van der Waals surface area contributed by atoms with Crippen LogP contribution < -0.4 is 5.73 Å². The summed E-state index contributed by atoms with van der Waals surface area (Å²) < 4.78 is 5.41. The van der Waals surface area contributed by atoms with Crippen molar-refractivity contribution >= 4 is 5.91 Å². The summed E-state index contributed by atoms with van der Waals surface area (Å²) in [7, 11) is 0. The summed E-state index contributed by atoms with van der Waals surface area (Å²) in [5.41, 5.74) is 5.66. The third kappa shape index (κ3) is 4.16. The van der Waals surface area contributed by atoms with Crippen molar-refractivity contribution in [2.75, 3.05) is 52.5 Å². The Kier molecular flexibility index (Phi) is 5.60. The summed E-state index contributed by atoms with van der Waals surface area (Å²) in [6.45, 7) is 9.05. The lowest BCUT2D eigenvalue weighted by Gasteiger charge is -2.37. The maximum absolute atomic E-state index is 12.3. The van der Waals surface area contributed by atoms with Crippen molar-refractivity contribution in [1.82, 2.24) is 9.80 Å². The Hall–Kier alpha value is -0.650. The molecule has 0 bridgehead atoms. The molecule has 19 heavy (non-hydrogen) atoms. The second-order valence-electron chi connectivity index (χ2n) is 5.88. The van der Waals surface area contributed by atoms with Crippen LogP contribution in [0.3, 0.4) is 0 Å². The highest BCUT2D eigenvalue weighted by Crippen LogP contribution is 2.17. The lowest BCUT2D eigenvalue weighted by Crippen LogP contribution is -2.52. The van der Waals surface area contributed by atoms with Crippen molar-refractivity contribution < 1.29 is 9.53 Å². The number of carbonyl (C=O) groups excluding carboxylic acids is 1. The summed E-state index contributed by atoms with van der Waals surface area (Å²) in [5.74, 6) is 0.934. The minimum absolute atomic E-state index is 0.100. The number of amides is 1. The Morgan fingerprint density at radius 1 is 1.37 bits per heavy atom. The van der Waals surface area contributed by atoms with Gasteiger partial charge in [-0.25, -0.2) is 0 Å². The molecule has 5 heteroatoms. The summed E-state index contributed by atoms with van der Waals surface area (Å²) in [4.78, 5) is 16.8. The topological polar surface area (TPSA) is 58.8 Å². The highest BCUT2D eigenvalue weighted by molar-refractivity contribution is 5.79. The Labute approximate surface area is 116 Å². The first-order chi connectivity index (χ1) is 9.20. The Morgan fingerprint density at radius 2 is 2.11 bits per heavy atom. The van der Waals surface area contributed by atoms with Gasteiger partial charge >= 0.3 is 0 Å². The van der Waals surface area contributed by atoms with E-state index < -0.39 is 0 Å². The minimum atomic E-state index is 0.100. The highest BCUT2D eigenvalue weighted by Gasteiger charge is 2.29. The number of ether oxygens (including phenoxy) is 1. The molecule has 2 N–H and O–H groups in total. The zero-order chi connectivity index (χ0) is 13.7. The van der Waals surface area contributed by atoms with E-state index >= 15 is 0 Å². The fraction of sp³-hybridized carbons (Fsp3) is 0.929. The summed E-state index contributed by atoms with van der Waals surface area (Å²) in [6.07, 6.45) is 2.01. The van der Waals surface area contributed by atoms with E-state index in [1.807, 2.05) is 4.90 Å². The van der Waals surface area contributed by atoms with Gasteiger partial charge in [-0.3, -0.25) is 9.69 Å². The van der Waals surface area contributed by atoms with Crippen LogP contribution in [0.5, 0.6) is 0 Å². The molecule has 0 saturated carbocycles. The van der Waals surface area contributed by atoms with Crippen LogP contribution in [0, 0.1) is 11.8 Å². The average Bonchev–Trinajstić information content (AvgIpc) is 2.48. The molecule has 2 saturated heterocycles.